The summed E-state index contributed by atoms with van der Waals surface area (Å²) < 4.78 is 5.47. The molecule has 0 heterocycles. The molecule has 0 atom stereocenters. The minimum atomic E-state index is -0.262. The molecule has 0 bridgehead atoms. The highest BCUT2D eigenvalue weighted by atomic mass is 16.5. The van der Waals surface area contributed by atoms with E-state index in [9.17, 15) is 9.59 Å². The SMILES string of the molecule is CCOc1cccc(C(=O)Nc2ccccc2C(=O)N(C)C2CCCCC2)c1. The Kier molecular flexibility index (Phi) is 6.69. The lowest BCUT2D eigenvalue weighted by atomic mass is 9.94. The van der Waals surface area contributed by atoms with E-state index in [-0.39, 0.29) is 17.9 Å². The van der Waals surface area contributed by atoms with E-state index in [0.717, 1.165) is 25.7 Å². The van der Waals surface area contributed by atoms with Gasteiger partial charge in [0.25, 0.3) is 11.8 Å². The molecule has 148 valence electrons. The van der Waals surface area contributed by atoms with Crippen molar-refractivity contribution in [3.05, 3.63) is 59.7 Å². The van der Waals surface area contributed by atoms with Gasteiger partial charge in [-0.25, -0.2) is 0 Å². The Balaban J connectivity index is 1.77. The Bertz CT molecular complexity index is 828. The Morgan fingerprint density at radius 2 is 1.82 bits per heavy atom. The number of ether oxygens (including phenoxy) is 1. The number of rotatable bonds is 6. The molecule has 0 aromatic heterocycles. The smallest absolute Gasteiger partial charge is 0.255 e. The molecule has 0 spiro atoms. The van der Waals surface area contributed by atoms with Crippen LogP contribution in [0.3, 0.4) is 0 Å². The van der Waals surface area contributed by atoms with E-state index in [1.807, 2.05) is 37.1 Å². The zero-order valence-corrected chi connectivity index (χ0v) is 16.6. The molecule has 0 aliphatic heterocycles. The average molecular weight is 380 g/mol. The first-order chi connectivity index (χ1) is 13.6. The third-order valence-electron chi connectivity index (χ3n) is 5.26. The third-order valence-corrected chi connectivity index (χ3v) is 5.26. The maximum Gasteiger partial charge on any atom is 0.255 e. The van der Waals surface area contributed by atoms with Gasteiger partial charge >= 0.3 is 0 Å². The van der Waals surface area contributed by atoms with Gasteiger partial charge in [0.2, 0.25) is 0 Å². The summed E-state index contributed by atoms with van der Waals surface area (Å²) in [6.45, 7) is 2.44. The Morgan fingerprint density at radius 3 is 2.57 bits per heavy atom. The van der Waals surface area contributed by atoms with Crippen molar-refractivity contribution in [2.45, 2.75) is 45.1 Å². The molecule has 2 aromatic rings. The van der Waals surface area contributed by atoms with Crippen LogP contribution >= 0.6 is 0 Å². The number of hydrogen-bond acceptors (Lipinski definition) is 3. The summed E-state index contributed by atoms with van der Waals surface area (Å²) in [6.07, 6.45) is 5.65. The van der Waals surface area contributed by atoms with Gasteiger partial charge in [-0.1, -0.05) is 37.5 Å². The van der Waals surface area contributed by atoms with E-state index in [1.54, 1.807) is 30.3 Å². The molecule has 1 fully saturated rings. The van der Waals surface area contributed by atoms with Gasteiger partial charge in [0, 0.05) is 18.7 Å². The molecule has 0 radical (unpaired) electrons. The van der Waals surface area contributed by atoms with Gasteiger partial charge in [-0.15, -0.1) is 0 Å². The standard InChI is InChI=1S/C23H28N2O3/c1-3-28-19-13-9-10-17(16-19)22(26)24-21-15-8-7-14-20(21)23(27)25(2)18-11-5-4-6-12-18/h7-10,13-16,18H,3-6,11-12H2,1-2H3,(H,24,26). The lowest BCUT2D eigenvalue weighted by molar-refractivity contribution is 0.0697. The van der Waals surface area contributed by atoms with Crippen LogP contribution in [0, 0.1) is 0 Å². The molecule has 1 N–H and O–H groups in total. The minimum absolute atomic E-state index is 0.0501. The lowest BCUT2D eigenvalue weighted by Gasteiger charge is -2.31. The minimum Gasteiger partial charge on any atom is -0.494 e. The van der Waals surface area contributed by atoms with Crippen LogP contribution in [-0.2, 0) is 0 Å². The van der Waals surface area contributed by atoms with Crippen molar-refractivity contribution in [1.29, 1.82) is 0 Å². The molecule has 1 aliphatic carbocycles. The van der Waals surface area contributed by atoms with Crippen LogP contribution in [0.5, 0.6) is 5.75 Å². The van der Waals surface area contributed by atoms with E-state index in [1.165, 1.54) is 6.42 Å². The number of anilines is 1. The fourth-order valence-corrected chi connectivity index (χ4v) is 3.69. The monoisotopic (exact) mass is 380 g/mol. The van der Waals surface area contributed by atoms with Crippen molar-refractivity contribution in [3.8, 4) is 5.75 Å². The first kappa shape index (κ1) is 19.9. The van der Waals surface area contributed by atoms with Crippen molar-refractivity contribution in [2.24, 2.45) is 0 Å². The number of nitrogens with one attached hydrogen (secondary N) is 1. The van der Waals surface area contributed by atoms with Crippen LogP contribution < -0.4 is 10.1 Å². The van der Waals surface area contributed by atoms with Crippen LogP contribution in [-0.4, -0.2) is 36.4 Å². The summed E-state index contributed by atoms with van der Waals surface area (Å²) in [5, 5.41) is 2.89. The third kappa shape index (κ3) is 4.71. The highest BCUT2D eigenvalue weighted by molar-refractivity contribution is 6.09. The topological polar surface area (TPSA) is 58.6 Å². The number of benzene rings is 2. The van der Waals surface area contributed by atoms with Crippen molar-refractivity contribution in [1.82, 2.24) is 4.90 Å². The number of para-hydroxylation sites is 1. The van der Waals surface area contributed by atoms with Crippen LogP contribution in [0.2, 0.25) is 0 Å². The molecular weight excluding hydrogens is 352 g/mol. The van der Waals surface area contributed by atoms with Gasteiger partial charge in [-0.2, -0.15) is 0 Å². The second kappa shape index (κ2) is 9.40. The predicted molar refractivity (Wildman–Crippen MR) is 111 cm³/mol. The molecular formula is C23H28N2O3. The van der Waals surface area contributed by atoms with E-state index in [2.05, 4.69) is 5.32 Å². The normalized spacial score (nSPS) is 14.4. The van der Waals surface area contributed by atoms with Crippen molar-refractivity contribution >= 4 is 17.5 Å². The Morgan fingerprint density at radius 1 is 1.07 bits per heavy atom. The van der Waals surface area contributed by atoms with Gasteiger partial charge in [0.15, 0.2) is 0 Å². The highest BCUT2D eigenvalue weighted by Gasteiger charge is 2.25. The van der Waals surface area contributed by atoms with Crippen LogP contribution in [0.25, 0.3) is 0 Å². The number of carbonyl (C=O) groups excluding carboxylic acids is 2. The fourth-order valence-electron chi connectivity index (χ4n) is 3.69. The summed E-state index contributed by atoms with van der Waals surface area (Å²) in [7, 11) is 1.86. The number of hydrogen-bond donors (Lipinski definition) is 1. The fraction of sp³-hybridized carbons (Fsp3) is 0.391. The summed E-state index contributed by atoms with van der Waals surface area (Å²) in [5.74, 6) is 0.338. The van der Waals surface area contributed by atoms with Crippen LogP contribution in [0.1, 0.15) is 59.7 Å². The number of nitrogens with zero attached hydrogens (tertiary/aromatic N) is 1. The maximum absolute atomic E-state index is 13.1. The predicted octanol–water partition coefficient (Wildman–Crippen LogP) is 4.74. The van der Waals surface area contributed by atoms with Gasteiger partial charge in [-0.05, 0) is 50.1 Å². The van der Waals surface area contributed by atoms with Gasteiger partial charge in [0.05, 0.1) is 17.9 Å². The zero-order chi connectivity index (χ0) is 19.9. The molecule has 5 heteroatoms. The quantitative estimate of drug-likeness (QED) is 0.787. The first-order valence-corrected chi connectivity index (χ1v) is 10.0. The van der Waals surface area contributed by atoms with Crippen LogP contribution in [0.4, 0.5) is 5.69 Å². The maximum atomic E-state index is 13.1. The first-order valence-electron chi connectivity index (χ1n) is 10.0. The van der Waals surface area contributed by atoms with Crippen molar-refractivity contribution in [3.63, 3.8) is 0 Å². The molecule has 5 nitrogen and oxygen atoms in total. The Hall–Kier alpha value is -2.82. The largest absolute Gasteiger partial charge is 0.494 e. The van der Waals surface area contributed by atoms with Gasteiger partial charge in [-0.3, -0.25) is 9.59 Å². The molecule has 1 saturated carbocycles. The Labute approximate surface area is 166 Å². The van der Waals surface area contributed by atoms with E-state index in [4.69, 9.17) is 4.74 Å². The average Bonchev–Trinajstić information content (AvgIpc) is 2.74. The second-order valence-corrected chi connectivity index (χ2v) is 7.17. The zero-order valence-electron chi connectivity index (χ0n) is 16.6. The van der Waals surface area contributed by atoms with E-state index >= 15 is 0 Å². The summed E-state index contributed by atoms with van der Waals surface area (Å²) in [5.41, 5.74) is 1.54. The molecule has 28 heavy (non-hydrogen) atoms. The summed E-state index contributed by atoms with van der Waals surface area (Å²) in [4.78, 5) is 27.6. The molecule has 2 aromatic carbocycles. The van der Waals surface area contributed by atoms with E-state index in [0.29, 0.717) is 29.2 Å². The summed E-state index contributed by atoms with van der Waals surface area (Å²) >= 11 is 0. The number of amides is 2. The van der Waals surface area contributed by atoms with Crippen molar-refractivity contribution in [2.75, 3.05) is 19.0 Å². The summed E-state index contributed by atoms with van der Waals surface area (Å²) in [6, 6.07) is 14.5. The van der Waals surface area contributed by atoms with Gasteiger partial charge in [0.1, 0.15) is 5.75 Å². The molecule has 2 amide bonds. The number of carbonyl (C=O) groups is 2. The molecule has 3 rings (SSSR count). The molecule has 1 aliphatic rings. The highest BCUT2D eigenvalue weighted by Crippen LogP contribution is 2.25. The lowest BCUT2D eigenvalue weighted by Crippen LogP contribution is -2.38. The van der Waals surface area contributed by atoms with Crippen LogP contribution in [0.15, 0.2) is 48.5 Å². The molecule has 0 saturated heterocycles. The second-order valence-electron chi connectivity index (χ2n) is 7.17. The van der Waals surface area contributed by atoms with E-state index < -0.39 is 0 Å². The van der Waals surface area contributed by atoms with Crippen molar-refractivity contribution < 1.29 is 14.3 Å². The van der Waals surface area contributed by atoms with Gasteiger partial charge < -0.3 is 15.0 Å². The molecule has 0 unspecified atom stereocenters.